The molecule has 0 bridgehead atoms. The fraction of sp³-hybridized carbons (Fsp3) is 0.962. The van der Waals surface area contributed by atoms with Crippen LogP contribution >= 0.6 is 0 Å². The molecule has 182 valence electrons. The van der Waals surface area contributed by atoms with Crippen molar-refractivity contribution in [3.8, 4) is 0 Å². The van der Waals surface area contributed by atoms with Crippen molar-refractivity contribution in [2.24, 2.45) is 0 Å². The lowest BCUT2D eigenvalue weighted by atomic mass is 9.84. The largest absolute Gasteiger partial charge is 0.506 e. The van der Waals surface area contributed by atoms with Gasteiger partial charge in [-0.15, -0.1) is 0 Å². The Kier molecular flexibility index (Phi) is 24.0. The van der Waals surface area contributed by atoms with Crippen LogP contribution in [0.5, 0.6) is 0 Å². The van der Waals surface area contributed by atoms with Crippen LogP contribution in [0.25, 0.3) is 0 Å². The lowest BCUT2D eigenvalue weighted by molar-refractivity contribution is -0.0396. The summed E-state index contributed by atoms with van der Waals surface area (Å²) in [5, 5.41) is 9.44. The Balaban J connectivity index is 0. The molecule has 4 N–H and O–H groups in total. The fourth-order valence-corrected chi connectivity index (χ4v) is 4.40. The van der Waals surface area contributed by atoms with Crippen molar-refractivity contribution >= 4 is 6.16 Å². The first-order valence-corrected chi connectivity index (χ1v) is 13.0. The molecule has 0 saturated carbocycles. The molecule has 0 heterocycles. The molecule has 0 aromatic carbocycles. The normalized spacial score (nSPS) is 11.3. The van der Waals surface area contributed by atoms with Crippen LogP contribution in [0, 0.1) is 0 Å². The topological polar surface area (TPSA) is 81.5 Å². The van der Waals surface area contributed by atoms with Crippen molar-refractivity contribution in [2.75, 3.05) is 0 Å². The van der Waals surface area contributed by atoms with Crippen LogP contribution in [0.15, 0.2) is 0 Å². The minimum Gasteiger partial charge on any atom is -0.450 e. The van der Waals surface area contributed by atoms with Crippen molar-refractivity contribution in [3.63, 3.8) is 0 Å². The van der Waals surface area contributed by atoms with Gasteiger partial charge >= 0.3 is 6.16 Å². The maximum absolute atomic E-state index is 11.5. The summed E-state index contributed by atoms with van der Waals surface area (Å²) in [6, 6.07) is 0. The van der Waals surface area contributed by atoms with Crippen molar-refractivity contribution in [3.05, 3.63) is 0 Å². The molecule has 0 radical (unpaired) electrons. The zero-order chi connectivity index (χ0) is 21.6. The Labute approximate surface area is 188 Å². The third-order valence-electron chi connectivity index (χ3n) is 6.26. The van der Waals surface area contributed by atoms with Gasteiger partial charge in [0.15, 0.2) is 0 Å². The fourth-order valence-electron chi connectivity index (χ4n) is 4.40. The third-order valence-corrected chi connectivity index (χ3v) is 6.26. The first-order valence-electron chi connectivity index (χ1n) is 13.0. The quantitative estimate of drug-likeness (QED) is 0.132. The second kappa shape index (κ2) is 22.9. The second-order valence-corrected chi connectivity index (χ2v) is 9.10. The van der Waals surface area contributed by atoms with E-state index in [0.717, 1.165) is 38.5 Å². The molecule has 0 aliphatic carbocycles. The average Bonchev–Trinajstić information content (AvgIpc) is 2.69. The molecule has 0 unspecified atom stereocenters. The molecule has 0 atom stereocenters. The van der Waals surface area contributed by atoms with Gasteiger partial charge in [-0.2, -0.15) is 0 Å². The van der Waals surface area contributed by atoms with Crippen LogP contribution in [-0.2, 0) is 4.74 Å². The van der Waals surface area contributed by atoms with Crippen LogP contribution in [0.1, 0.15) is 156 Å². The molecular formula is C26H55NO3. The molecule has 0 rings (SSSR count). The van der Waals surface area contributed by atoms with E-state index in [4.69, 9.17) is 4.74 Å². The van der Waals surface area contributed by atoms with Crippen LogP contribution in [0.2, 0.25) is 0 Å². The number of carboxylic acid groups (broad SMARTS) is 1. The Bertz CT molecular complexity index is 319. The molecule has 0 aliphatic heterocycles. The van der Waals surface area contributed by atoms with Gasteiger partial charge in [0.05, 0.1) is 0 Å². The monoisotopic (exact) mass is 429 g/mol. The highest BCUT2D eigenvalue weighted by Crippen LogP contribution is 2.33. The molecule has 0 fully saturated rings. The van der Waals surface area contributed by atoms with Crippen LogP contribution < -0.4 is 6.15 Å². The van der Waals surface area contributed by atoms with Gasteiger partial charge in [-0.05, 0) is 38.5 Å². The van der Waals surface area contributed by atoms with Crippen molar-refractivity contribution in [1.29, 1.82) is 0 Å². The van der Waals surface area contributed by atoms with Gasteiger partial charge in [0.25, 0.3) is 0 Å². The highest BCUT2D eigenvalue weighted by atomic mass is 16.7. The maximum atomic E-state index is 11.5. The SMILES string of the molecule is CCCCCCCCC(CCCCCCCC)(CCCCCCCC)OC(=O)O.N. The third kappa shape index (κ3) is 19.2. The smallest absolute Gasteiger partial charge is 0.450 e. The summed E-state index contributed by atoms with van der Waals surface area (Å²) in [6.45, 7) is 6.73. The number of hydrogen-bond donors (Lipinski definition) is 2. The number of hydrogen-bond acceptors (Lipinski definition) is 3. The number of carbonyl (C=O) groups is 1. The number of ether oxygens (including phenoxy) is 1. The molecule has 0 amide bonds. The molecule has 0 aromatic heterocycles. The van der Waals surface area contributed by atoms with E-state index in [1.54, 1.807) is 0 Å². The van der Waals surface area contributed by atoms with Gasteiger partial charge in [0.2, 0.25) is 0 Å². The summed E-state index contributed by atoms with van der Waals surface area (Å²) in [6.07, 6.45) is 24.0. The minimum absolute atomic E-state index is 0. The van der Waals surface area contributed by atoms with Gasteiger partial charge in [-0.1, -0.05) is 117 Å². The predicted octanol–water partition coefficient (Wildman–Crippen LogP) is 9.83. The summed E-state index contributed by atoms with van der Waals surface area (Å²) in [4.78, 5) is 11.5. The Hall–Kier alpha value is -0.770. The number of unbranched alkanes of at least 4 members (excludes halogenated alkanes) is 15. The zero-order valence-electron chi connectivity index (χ0n) is 20.8. The molecule has 0 aliphatic rings. The first kappa shape index (κ1) is 31.4. The molecule has 0 spiro atoms. The summed E-state index contributed by atoms with van der Waals surface area (Å²) < 4.78 is 5.64. The van der Waals surface area contributed by atoms with E-state index in [0.29, 0.717) is 0 Å². The Morgan fingerprint density at radius 3 is 1.10 bits per heavy atom. The van der Waals surface area contributed by atoms with Crippen molar-refractivity contribution in [2.45, 2.75) is 161 Å². The van der Waals surface area contributed by atoms with E-state index in [1.807, 2.05) is 0 Å². The van der Waals surface area contributed by atoms with Crippen LogP contribution in [0.3, 0.4) is 0 Å². The standard InChI is InChI=1S/C26H52O3.H3N/c1-4-7-10-13-16-19-22-26(29-25(27)28,23-20-17-14-11-8-5-2)24-21-18-15-12-9-6-3;/h4-24H2,1-3H3,(H,27,28);1H3. The summed E-state index contributed by atoms with van der Waals surface area (Å²) in [7, 11) is 0. The molecule has 4 heteroatoms. The maximum Gasteiger partial charge on any atom is 0.506 e. The van der Waals surface area contributed by atoms with Gasteiger partial charge < -0.3 is 16.0 Å². The lowest BCUT2D eigenvalue weighted by Gasteiger charge is -2.33. The van der Waals surface area contributed by atoms with E-state index < -0.39 is 11.8 Å². The second-order valence-electron chi connectivity index (χ2n) is 9.10. The molecule has 30 heavy (non-hydrogen) atoms. The minimum atomic E-state index is -1.08. The van der Waals surface area contributed by atoms with Gasteiger partial charge in [-0.25, -0.2) is 4.79 Å². The van der Waals surface area contributed by atoms with Crippen LogP contribution in [0.4, 0.5) is 4.79 Å². The van der Waals surface area contributed by atoms with Crippen molar-refractivity contribution < 1.29 is 14.6 Å². The Morgan fingerprint density at radius 2 is 0.833 bits per heavy atom. The predicted molar refractivity (Wildman–Crippen MR) is 131 cm³/mol. The van der Waals surface area contributed by atoms with E-state index >= 15 is 0 Å². The molecule has 0 aromatic rings. The molecule has 0 saturated heterocycles. The van der Waals surface area contributed by atoms with E-state index in [2.05, 4.69) is 20.8 Å². The van der Waals surface area contributed by atoms with Gasteiger partial charge in [0.1, 0.15) is 5.60 Å². The van der Waals surface area contributed by atoms with E-state index in [9.17, 15) is 9.90 Å². The number of rotatable bonds is 22. The van der Waals surface area contributed by atoms with Crippen LogP contribution in [-0.4, -0.2) is 16.9 Å². The summed E-state index contributed by atoms with van der Waals surface area (Å²) >= 11 is 0. The molecule has 4 nitrogen and oxygen atoms in total. The average molecular weight is 430 g/mol. The van der Waals surface area contributed by atoms with Gasteiger partial charge in [-0.3, -0.25) is 0 Å². The summed E-state index contributed by atoms with van der Waals surface area (Å²) in [5.74, 6) is 0. The van der Waals surface area contributed by atoms with E-state index in [-0.39, 0.29) is 6.15 Å². The van der Waals surface area contributed by atoms with Gasteiger partial charge in [0, 0.05) is 0 Å². The highest BCUT2D eigenvalue weighted by Gasteiger charge is 2.33. The van der Waals surface area contributed by atoms with E-state index in [1.165, 1.54) is 96.3 Å². The first-order chi connectivity index (χ1) is 14.1. The lowest BCUT2D eigenvalue weighted by Crippen LogP contribution is -2.35. The Morgan fingerprint density at radius 1 is 0.567 bits per heavy atom. The summed E-state index contributed by atoms with van der Waals surface area (Å²) in [5.41, 5.74) is -0.438. The highest BCUT2D eigenvalue weighted by molar-refractivity contribution is 5.57. The molecular weight excluding hydrogens is 374 g/mol. The van der Waals surface area contributed by atoms with Crippen molar-refractivity contribution in [1.82, 2.24) is 6.15 Å². The zero-order valence-corrected chi connectivity index (χ0v) is 20.8.